The minimum absolute atomic E-state index is 0.736. The van der Waals surface area contributed by atoms with Gasteiger partial charge in [0.1, 0.15) is 11.4 Å². The van der Waals surface area contributed by atoms with Crippen LogP contribution >= 0.6 is 23.4 Å². The smallest absolute Gasteiger partial charge is 0.116 e. The predicted molar refractivity (Wildman–Crippen MR) is 69.4 cm³/mol. The molecule has 0 atom stereocenters. The number of fused-ring (bicyclic) bond motifs is 1. The Morgan fingerprint density at radius 1 is 1.19 bits per heavy atom. The summed E-state index contributed by atoms with van der Waals surface area (Å²) in [5.74, 6) is 1.80. The summed E-state index contributed by atoms with van der Waals surface area (Å²) in [7, 11) is 0. The summed E-state index contributed by atoms with van der Waals surface area (Å²) in [6.07, 6.45) is 8.92. The van der Waals surface area contributed by atoms with Crippen LogP contribution in [0.2, 0.25) is 0 Å². The van der Waals surface area contributed by atoms with E-state index in [9.17, 15) is 0 Å². The van der Waals surface area contributed by atoms with Crippen molar-refractivity contribution in [2.24, 2.45) is 0 Å². The third-order valence-electron chi connectivity index (χ3n) is 2.85. The molecule has 0 N–H and O–H groups in total. The van der Waals surface area contributed by atoms with Crippen molar-refractivity contribution in [1.29, 1.82) is 0 Å². The molecule has 0 fully saturated rings. The number of halogens is 1. The van der Waals surface area contributed by atoms with Gasteiger partial charge in [-0.05, 0) is 32.1 Å². The van der Waals surface area contributed by atoms with Gasteiger partial charge in [0.05, 0.1) is 0 Å². The first-order valence-electron chi connectivity index (χ1n) is 5.93. The number of aryl methyl sites for hydroxylation is 1. The highest BCUT2D eigenvalue weighted by atomic mass is 35.5. The van der Waals surface area contributed by atoms with E-state index in [1.54, 1.807) is 6.33 Å². The van der Waals surface area contributed by atoms with Gasteiger partial charge in [-0.1, -0.05) is 6.42 Å². The molecule has 0 saturated carbocycles. The molecule has 0 unspecified atom stereocenters. The van der Waals surface area contributed by atoms with Crippen LogP contribution < -0.4 is 0 Å². The molecule has 1 aliphatic carbocycles. The minimum atomic E-state index is 0.736. The number of alkyl halides is 1. The van der Waals surface area contributed by atoms with E-state index in [0.29, 0.717) is 0 Å². The molecule has 0 saturated heterocycles. The van der Waals surface area contributed by atoms with Crippen LogP contribution in [0.1, 0.15) is 36.9 Å². The molecule has 16 heavy (non-hydrogen) atoms. The van der Waals surface area contributed by atoms with Crippen molar-refractivity contribution >= 4 is 23.4 Å². The number of rotatable bonds is 4. The van der Waals surface area contributed by atoms with Crippen molar-refractivity contribution in [3.05, 3.63) is 17.6 Å². The van der Waals surface area contributed by atoms with Gasteiger partial charge in [-0.2, -0.15) is 0 Å². The highest BCUT2D eigenvalue weighted by Crippen LogP contribution is 2.27. The lowest BCUT2D eigenvalue weighted by Gasteiger charge is -2.09. The molecule has 1 aromatic heterocycles. The van der Waals surface area contributed by atoms with Gasteiger partial charge < -0.3 is 0 Å². The molecule has 0 spiro atoms. The van der Waals surface area contributed by atoms with Crippen molar-refractivity contribution in [1.82, 2.24) is 9.97 Å². The Morgan fingerprint density at radius 3 is 2.94 bits per heavy atom. The van der Waals surface area contributed by atoms with Crippen molar-refractivity contribution in [3.63, 3.8) is 0 Å². The zero-order valence-electron chi connectivity index (χ0n) is 9.41. The van der Waals surface area contributed by atoms with Gasteiger partial charge in [0.25, 0.3) is 0 Å². The van der Waals surface area contributed by atoms with E-state index in [0.717, 1.165) is 30.9 Å². The summed E-state index contributed by atoms with van der Waals surface area (Å²) in [6, 6.07) is 0. The molecule has 0 aliphatic heterocycles. The van der Waals surface area contributed by atoms with Crippen molar-refractivity contribution in [2.75, 3.05) is 11.6 Å². The zero-order chi connectivity index (χ0) is 11.2. The molecular formula is C12H17ClN2S. The third-order valence-corrected chi connectivity index (χ3v) is 4.24. The first kappa shape index (κ1) is 12.2. The van der Waals surface area contributed by atoms with Gasteiger partial charge in [-0.15, -0.1) is 23.4 Å². The van der Waals surface area contributed by atoms with Gasteiger partial charge in [0.15, 0.2) is 0 Å². The molecule has 1 aromatic rings. The van der Waals surface area contributed by atoms with Crippen LogP contribution in [0.3, 0.4) is 0 Å². The first-order valence-corrected chi connectivity index (χ1v) is 7.45. The standard InChI is InChI=1S/C12H17ClN2S/c13-7-4-8-16-12-10-5-2-1-3-6-11(10)14-9-15-12/h9H,1-8H2. The molecule has 0 aromatic carbocycles. The van der Waals surface area contributed by atoms with Crippen molar-refractivity contribution in [3.8, 4) is 0 Å². The molecule has 4 heteroatoms. The number of thioether (sulfide) groups is 1. The molecule has 1 heterocycles. The SMILES string of the molecule is ClCCCSc1ncnc2c1CCCCC2. The van der Waals surface area contributed by atoms with Gasteiger partial charge in [-0.25, -0.2) is 9.97 Å². The lowest BCUT2D eigenvalue weighted by atomic mass is 10.1. The number of hydrogen-bond donors (Lipinski definition) is 0. The molecule has 2 rings (SSSR count). The van der Waals surface area contributed by atoms with Crippen LogP contribution in [-0.4, -0.2) is 21.6 Å². The number of aromatic nitrogens is 2. The average molecular weight is 257 g/mol. The summed E-state index contributed by atoms with van der Waals surface area (Å²) < 4.78 is 0. The largest absolute Gasteiger partial charge is 0.241 e. The Labute approximate surface area is 106 Å². The molecule has 2 nitrogen and oxygen atoms in total. The second kappa shape index (κ2) is 6.45. The summed E-state index contributed by atoms with van der Waals surface area (Å²) in [5, 5.41) is 1.19. The maximum absolute atomic E-state index is 5.69. The van der Waals surface area contributed by atoms with E-state index in [1.807, 2.05) is 11.8 Å². The zero-order valence-corrected chi connectivity index (χ0v) is 11.0. The van der Waals surface area contributed by atoms with Crippen LogP contribution in [-0.2, 0) is 12.8 Å². The molecule has 0 amide bonds. The van der Waals surface area contributed by atoms with E-state index in [1.165, 1.54) is 35.5 Å². The summed E-state index contributed by atoms with van der Waals surface area (Å²) in [6.45, 7) is 0. The molecular weight excluding hydrogens is 240 g/mol. The van der Waals surface area contributed by atoms with Crippen molar-refractivity contribution in [2.45, 2.75) is 43.6 Å². The Kier molecular flexibility index (Phi) is 4.91. The summed E-state index contributed by atoms with van der Waals surface area (Å²) in [5.41, 5.74) is 2.68. The normalized spacial score (nSPS) is 15.6. The lowest BCUT2D eigenvalue weighted by molar-refractivity contribution is 0.707. The van der Waals surface area contributed by atoms with Crippen LogP contribution in [0, 0.1) is 0 Å². The second-order valence-electron chi connectivity index (χ2n) is 4.06. The van der Waals surface area contributed by atoms with E-state index < -0.39 is 0 Å². The minimum Gasteiger partial charge on any atom is -0.241 e. The Hall–Kier alpha value is -0.280. The molecule has 88 valence electrons. The fourth-order valence-electron chi connectivity index (χ4n) is 2.02. The fourth-order valence-corrected chi connectivity index (χ4v) is 3.31. The monoisotopic (exact) mass is 256 g/mol. The van der Waals surface area contributed by atoms with E-state index in [-0.39, 0.29) is 0 Å². The number of hydrogen-bond acceptors (Lipinski definition) is 3. The average Bonchev–Trinajstić information content (AvgIpc) is 2.55. The number of nitrogens with zero attached hydrogens (tertiary/aromatic N) is 2. The Morgan fingerprint density at radius 2 is 2.06 bits per heavy atom. The Bertz CT molecular complexity index is 344. The quantitative estimate of drug-likeness (QED) is 0.271. The second-order valence-corrected chi connectivity index (χ2v) is 5.52. The van der Waals surface area contributed by atoms with Gasteiger partial charge >= 0.3 is 0 Å². The van der Waals surface area contributed by atoms with Crippen LogP contribution in [0.15, 0.2) is 11.4 Å². The highest BCUT2D eigenvalue weighted by molar-refractivity contribution is 7.99. The fraction of sp³-hybridized carbons (Fsp3) is 0.667. The van der Waals surface area contributed by atoms with E-state index >= 15 is 0 Å². The van der Waals surface area contributed by atoms with Gasteiger partial charge in [0.2, 0.25) is 0 Å². The van der Waals surface area contributed by atoms with Crippen LogP contribution in [0.4, 0.5) is 0 Å². The summed E-state index contributed by atoms with van der Waals surface area (Å²) in [4.78, 5) is 8.83. The van der Waals surface area contributed by atoms with E-state index in [4.69, 9.17) is 11.6 Å². The van der Waals surface area contributed by atoms with Crippen LogP contribution in [0.25, 0.3) is 0 Å². The van der Waals surface area contributed by atoms with E-state index in [2.05, 4.69) is 9.97 Å². The molecule has 0 radical (unpaired) electrons. The first-order chi connectivity index (χ1) is 7.92. The maximum Gasteiger partial charge on any atom is 0.116 e. The maximum atomic E-state index is 5.69. The Balaban J connectivity index is 2.11. The lowest BCUT2D eigenvalue weighted by Crippen LogP contribution is -2.00. The topological polar surface area (TPSA) is 25.8 Å². The summed E-state index contributed by atoms with van der Waals surface area (Å²) >= 11 is 7.52. The van der Waals surface area contributed by atoms with Gasteiger partial charge in [-0.3, -0.25) is 0 Å². The predicted octanol–water partition coefficient (Wildman–Crippen LogP) is 3.47. The van der Waals surface area contributed by atoms with Gasteiger partial charge in [0, 0.05) is 22.9 Å². The highest BCUT2D eigenvalue weighted by Gasteiger charge is 2.14. The van der Waals surface area contributed by atoms with Crippen LogP contribution in [0.5, 0.6) is 0 Å². The third kappa shape index (κ3) is 3.11. The van der Waals surface area contributed by atoms with Crippen molar-refractivity contribution < 1.29 is 0 Å². The molecule has 1 aliphatic rings. The molecule has 0 bridgehead atoms.